The first-order chi connectivity index (χ1) is 8.99. The molecular formula is C14H16N2OS2. The lowest BCUT2D eigenvalue weighted by molar-refractivity contribution is 0.0785. The average molecular weight is 292 g/mol. The van der Waals surface area contributed by atoms with E-state index < -0.39 is 0 Å². The topological polar surface area (TPSA) is 33.2 Å². The summed E-state index contributed by atoms with van der Waals surface area (Å²) in [6.45, 7) is 4.49. The molecule has 2 aromatic rings. The molecule has 1 aromatic carbocycles. The van der Waals surface area contributed by atoms with E-state index in [0.29, 0.717) is 12.1 Å². The van der Waals surface area contributed by atoms with Gasteiger partial charge >= 0.3 is 0 Å². The molecule has 19 heavy (non-hydrogen) atoms. The predicted octanol–water partition coefficient (Wildman–Crippen LogP) is 3.32. The molecule has 0 aliphatic carbocycles. The van der Waals surface area contributed by atoms with E-state index >= 15 is 0 Å². The molecule has 0 aliphatic rings. The van der Waals surface area contributed by atoms with Crippen LogP contribution in [0.3, 0.4) is 0 Å². The van der Waals surface area contributed by atoms with Gasteiger partial charge < -0.3 is 4.90 Å². The number of thiazole rings is 1. The van der Waals surface area contributed by atoms with Gasteiger partial charge in [-0.25, -0.2) is 4.98 Å². The van der Waals surface area contributed by atoms with E-state index in [1.165, 1.54) is 0 Å². The van der Waals surface area contributed by atoms with Crippen LogP contribution in [0.4, 0.5) is 0 Å². The van der Waals surface area contributed by atoms with Gasteiger partial charge in [0.2, 0.25) is 0 Å². The Morgan fingerprint density at radius 1 is 1.42 bits per heavy atom. The van der Waals surface area contributed by atoms with E-state index in [0.717, 1.165) is 21.0 Å². The quantitative estimate of drug-likeness (QED) is 0.880. The molecule has 0 unspecified atom stereocenters. The number of nitrogens with zero attached hydrogens (tertiary/aromatic N) is 2. The van der Waals surface area contributed by atoms with Crippen molar-refractivity contribution in [2.45, 2.75) is 25.3 Å². The molecule has 0 saturated carbocycles. The highest BCUT2D eigenvalue weighted by Crippen LogP contribution is 2.19. The summed E-state index contributed by atoms with van der Waals surface area (Å²) in [6.07, 6.45) is 0. The largest absolute Gasteiger partial charge is 0.336 e. The lowest BCUT2D eigenvalue weighted by Gasteiger charge is -2.18. The van der Waals surface area contributed by atoms with Crippen molar-refractivity contribution in [1.82, 2.24) is 9.88 Å². The molecule has 5 heteroatoms. The van der Waals surface area contributed by atoms with Gasteiger partial charge in [0.25, 0.3) is 5.91 Å². The van der Waals surface area contributed by atoms with Crippen molar-refractivity contribution in [3.63, 3.8) is 0 Å². The fourth-order valence-electron chi connectivity index (χ4n) is 1.81. The second kappa shape index (κ2) is 5.75. The van der Waals surface area contributed by atoms with E-state index in [1.807, 2.05) is 44.6 Å². The standard InChI is InChI=1S/C14H16N2OS2/c1-9-4-5-11(18)6-12(9)14(17)16(3)7-13-10(2)15-8-19-13/h4-6,8,18H,7H2,1-3H3. The summed E-state index contributed by atoms with van der Waals surface area (Å²) in [5.74, 6) is 0.0150. The maximum absolute atomic E-state index is 12.4. The van der Waals surface area contributed by atoms with E-state index in [1.54, 1.807) is 16.2 Å². The molecule has 0 N–H and O–H groups in total. The smallest absolute Gasteiger partial charge is 0.254 e. The van der Waals surface area contributed by atoms with Gasteiger partial charge in [0.1, 0.15) is 0 Å². The van der Waals surface area contributed by atoms with Gasteiger partial charge in [0.05, 0.1) is 17.7 Å². The van der Waals surface area contributed by atoms with Gasteiger partial charge in [-0.2, -0.15) is 0 Å². The third-order valence-corrected chi connectivity index (χ3v) is 4.22. The van der Waals surface area contributed by atoms with Crippen LogP contribution in [0.25, 0.3) is 0 Å². The van der Waals surface area contributed by atoms with Crippen LogP contribution in [0, 0.1) is 13.8 Å². The van der Waals surface area contributed by atoms with Crippen molar-refractivity contribution < 1.29 is 4.79 Å². The van der Waals surface area contributed by atoms with Crippen LogP contribution in [-0.4, -0.2) is 22.8 Å². The number of thiol groups is 1. The fourth-order valence-corrected chi connectivity index (χ4v) is 2.84. The van der Waals surface area contributed by atoms with E-state index in [2.05, 4.69) is 17.6 Å². The summed E-state index contributed by atoms with van der Waals surface area (Å²) in [4.78, 5) is 20.3. The Hall–Kier alpha value is -1.33. The molecule has 100 valence electrons. The molecule has 0 bridgehead atoms. The van der Waals surface area contributed by atoms with Crippen molar-refractivity contribution in [2.75, 3.05) is 7.05 Å². The molecule has 0 spiro atoms. The summed E-state index contributed by atoms with van der Waals surface area (Å²) in [6, 6.07) is 5.63. The number of rotatable bonds is 3. The summed E-state index contributed by atoms with van der Waals surface area (Å²) >= 11 is 5.87. The number of benzene rings is 1. The summed E-state index contributed by atoms with van der Waals surface area (Å²) in [5.41, 5.74) is 4.47. The average Bonchev–Trinajstić information content (AvgIpc) is 2.77. The molecule has 0 atom stereocenters. The minimum absolute atomic E-state index is 0.0150. The monoisotopic (exact) mass is 292 g/mol. The molecule has 0 aliphatic heterocycles. The second-order valence-electron chi connectivity index (χ2n) is 4.52. The Balaban J connectivity index is 2.19. The number of aromatic nitrogens is 1. The number of aryl methyl sites for hydroxylation is 2. The Bertz CT molecular complexity index is 607. The van der Waals surface area contributed by atoms with Crippen molar-refractivity contribution in [1.29, 1.82) is 0 Å². The molecule has 1 amide bonds. The molecule has 0 saturated heterocycles. The van der Waals surface area contributed by atoms with Crippen LogP contribution in [0.15, 0.2) is 28.6 Å². The van der Waals surface area contributed by atoms with Crippen LogP contribution in [0.2, 0.25) is 0 Å². The number of carbonyl (C=O) groups is 1. The van der Waals surface area contributed by atoms with Gasteiger partial charge in [0, 0.05) is 22.4 Å². The Morgan fingerprint density at radius 2 is 2.16 bits per heavy atom. The Labute approximate surface area is 122 Å². The summed E-state index contributed by atoms with van der Waals surface area (Å²) in [5, 5.41) is 0. The van der Waals surface area contributed by atoms with Crippen molar-refractivity contribution in [3.8, 4) is 0 Å². The van der Waals surface area contributed by atoms with Gasteiger partial charge in [-0.1, -0.05) is 6.07 Å². The molecule has 1 heterocycles. The van der Waals surface area contributed by atoms with Crippen LogP contribution in [0.5, 0.6) is 0 Å². The molecule has 2 rings (SSSR count). The third-order valence-electron chi connectivity index (χ3n) is 3.02. The van der Waals surface area contributed by atoms with Crippen molar-refractivity contribution in [2.24, 2.45) is 0 Å². The number of amides is 1. The Kier molecular flexibility index (Phi) is 4.27. The second-order valence-corrected chi connectivity index (χ2v) is 5.98. The minimum atomic E-state index is 0.0150. The third kappa shape index (κ3) is 3.16. The molecular weight excluding hydrogens is 276 g/mol. The molecule has 1 aromatic heterocycles. The van der Waals surface area contributed by atoms with Gasteiger partial charge in [0.15, 0.2) is 0 Å². The van der Waals surface area contributed by atoms with Crippen LogP contribution in [0.1, 0.15) is 26.5 Å². The summed E-state index contributed by atoms with van der Waals surface area (Å²) < 4.78 is 0. The highest BCUT2D eigenvalue weighted by atomic mass is 32.1. The van der Waals surface area contributed by atoms with Crippen molar-refractivity contribution in [3.05, 3.63) is 45.4 Å². The highest BCUT2D eigenvalue weighted by molar-refractivity contribution is 7.80. The lowest BCUT2D eigenvalue weighted by Crippen LogP contribution is -2.26. The van der Waals surface area contributed by atoms with Crippen LogP contribution < -0.4 is 0 Å². The Morgan fingerprint density at radius 3 is 2.79 bits per heavy atom. The maximum atomic E-state index is 12.4. The highest BCUT2D eigenvalue weighted by Gasteiger charge is 2.16. The van der Waals surface area contributed by atoms with Gasteiger partial charge in [-0.15, -0.1) is 24.0 Å². The molecule has 0 radical (unpaired) electrons. The van der Waals surface area contributed by atoms with Crippen LogP contribution in [-0.2, 0) is 6.54 Å². The molecule has 0 fully saturated rings. The SMILES string of the molecule is Cc1ccc(S)cc1C(=O)N(C)Cc1scnc1C. The zero-order valence-corrected chi connectivity index (χ0v) is 12.9. The number of hydrogen-bond donors (Lipinski definition) is 1. The summed E-state index contributed by atoms with van der Waals surface area (Å²) in [7, 11) is 1.81. The van der Waals surface area contributed by atoms with Crippen LogP contribution >= 0.6 is 24.0 Å². The van der Waals surface area contributed by atoms with E-state index in [-0.39, 0.29) is 5.91 Å². The van der Waals surface area contributed by atoms with Gasteiger partial charge in [-0.3, -0.25) is 4.79 Å². The van der Waals surface area contributed by atoms with Crippen molar-refractivity contribution >= 4 is 29.9 Å². The number of hydrogen-bond acceptors (Lipinski definition) is 4. The first kappa shape index (κ1) is 14.1. The minimum Gasteiger partial charge on any atom is -0.336 e. The fraction of sp³-hybridized carbons (Fsp3) is 0.286. The predicted molar refractivity (Wildman–Crippen MR) is 81.1 cm³/mol. The number of carbonyl (C=O) groups excluding carboxylic acids is 1. The first-order valence-corrected chi connectivity index (χ1v) is 7.25. The lowest BCUT2D eigenvalue weighted by atomic mass is 10.1. The zero-order valence-electron chi connectivity index (χ0n) is 11.2. The van der Waals surface area contributed by atoms with Gasteiger partial charge in [-0.05, 0) is 31.5 Å². The maximum Gasteiger partial charge on any atom is 0.254 e. The normalized spacial score (nSPS) is 10.5. The van der Waals surface area contributed by atoms with E-state index in [4.69, 9.17) is 0 Å². The molecule has 3 nitrogen and oxygen atoms in total. The first-order valence-electron chi connectivity index (χ1n) is 5.93. The van der Waals surface area contributed by atoms with E-state index in [9.17, 15) is 4.79 Å². The zero-order chi connectivity index (χ0) is 14.0.